The van der Waals surface area contributed by atoms with Crippen molar-refractivity contribution in [1.82, 2.24) is 15.5 Å². The van der Waals surface area contributed by atoms with Crippen molar-refractivity contribution in [2.75, 3.05) is 39.8 Å². The van der Waals surface area contributed by atoms with Gasteiger partial charge in [0.05, 0.1) is 13.2 Å². The number of hydrogen-bond acceptors (Lipinski definition) is 5. The number of methoxy groups -OCH3 is 1. The first kappa shape index (κ1) is 18.6. The number of ether oxygens (including phenoxy) is 2. The van der Waals surface area contributed by atoms with E-state index < -0.39 is 0 Å². The monoisotopic (exact) mass is 373 g/mol. The van der Waals surface area contributed by atoms with Gasteiger partial charge in [-0.05, 0) is 49.9 Å². The Labute approximate surface area is 161 Å². The van der Waals surface area contributed by atoms with Crippen LogP contribution in [0.5, 0.6) is 11.5 Å². The SMILES string of the molecule is COc1ccccc1OC1CCN(C(=O)[C@H]2CC3(CCNCC3)CN2)CC1. The van der Waals surface area contributed by atoms with Crippen LogP contribution in [-0.4, -0.2) is 62.8 Å². The van der Waals surface area contributed by atoms with E-state index in [1.54, 1.807) is 7.11 Å². The van der Waals surface area contributed by atoms with Gasteiger partial charge in [0.2, 0.25) is 5.91 Å². The minimum Gasteiger partial charge on any atom is -0.493 e. The predicted octanol–water partition coefficient (Wildman–Crippen LogP) is 1.80. The normalized spacial score (nSPS) is 25.5. The zero-order chi connectivity index (χ0) is 18.7. The van der Waals surface area contributed by atoms with Crippen molar-refractivity contribution < 1.29 is 14.3 Å². The molecule has 0 aromatic heterocycles. The van der Waals surface area contributed by atoms with Gasteiger partial charge in [-0.15, -0.1) is 0 Å². The van der Waals surface area contributed by atoms with Crippen molar-refractivity contribution in [3.05, 3.63) is 24.3 Å². The smallest absolute Gasteiger partial charge is 0.239 e. The van der Waals surface area contributed by atoms with Crippen LogP contribution >= 0.6 is 0 Å². The highest BCUT2D eigenvalue weighted by molar-refractivity contribution is 5.82. The van der Waals surface area contributed by atoms with E-state index in [2.05, 4.69) is 10.6 Å². The average Bonchev–Trinajstić information content (AvgIpc) is 3.12. The molecule has 6 heteroatoms. The van der Waals surface area contributed by atoms with Gasteiger partial charge in [0.15, 0.2) is 11.5 Å². The number of nitrogens with zero attached hydrogens (tertiary/aromatic N) is 1. The van der Waals surface area contributed by atoms with Crippen LogP contribution in [0.3, 0.4) is 0 Å². The highest BCUT2D eigenvalue weighted by Gasteiger charge is 2.43. The minimum atomic E-state index is -0.00483. The van der Waals surface area contributed by atoms with Crippen molar-refractivity contribution in [3.63, 3.8) is 0 Å². The van der Waals surface area contributed by atoms with Crippen LogP contribution in [0.15, 0.2) is 24.3 Å². The minimum absolute atomic E-state index is 0.00483. The van der Waals surface area contributed by atoms with Gasteiger partial charge in [0.25, 0.3) is 0 Å². The molecule has 3 saturated heterocycles. The lowest BCUT2D eigenvalue weighted by Crippen LogP contribution is -2.48. The lowest BCUT2D eigenvalue weighted by atomic mass is 9.77. The third kappa shape index (κ3) is 4.06. The highest BCUT2D eigenvalue weighted by atomic mass is 16.5. The molecule has 148 valence electrons. The van der Waals surface area contributed by atoms with Gasteiger partial charge in [-0.25, -0.2) is 0 Å². The molecule has 1 atom stereocenters. The molecular formula is C21H31N3O3. The quantitative estimate of drug-likeness (QED) is 0.843. The first-order valence-corrected chi connectivity index (χ1v) is 10.2. The van der Waals surface area contributed by atoms with Crippen molar-refractivity contribution in [2.45, 2.75) is 44.2 Å². The molecule has 2 N–H and O–H groups in total. The fourth-order valence-electron chi connectivity index (χ4n) is 4.74. The number of carbonyl (C=O) groups is 1. The Hall–Kier alpha value is -1.79. The van der Waals surface area contributed by atoms with E-state index in [9.17, 15) is 4.79 Å². The van der Waals surface area contributed by atoms with Gasteiger partial charge in [0, 0.05) is 32.5 Å². The molecule has 27 heavy (non-hydrogen) atoms. The van der Waals surface area contributed by atoms with Crippen molar-refractivity contribution >= 4 is 5.91 Å². The lowest BCUT2D eigenvalue weighted by molar-refractivity contribution is -0.135. The summed E-state index contributed by atoms with van der Waals surface area (Å²) in [7, 11) is 1.66. The maximum atomic E-state index is 13.0. The van der Waals surface area contributed by atoms with Gasteiger partial charge in [0.1, 0.15) is 6.10 Å². The highest BCUT2D eigenvalue weighted by Crippen LogP contribution is 2.38. The van der Waals surface area contributed by atoms with E-state index in [0.717, 1.165) is 63.5 Å². The van der Waals surface area contributed by atoms with Crippen LogP contribution in [0, 0.1) is 5.41 Å². The maximum Gasteiger partial charge on any atom is 0.239 e. The summed E-state index contributed by atoms with van der Waals surface area (Å²) in [5.41, 5.74) is 0.330. The van der Waals surface area contributed by atoms with Gasteiger partial charge in [-0.2, -0.15) is 0 Å². The second-order valence-corrected chi connectivity index (χ2v) is 8.18. The number of piperidine rings is 2. The van der Waals surface area contributed by atoms with E-state index in [0.29, 0.717) is 5.41 Å². The zero-order valence-corrected chi connectivity index (χ0v) is 16.2. The molecule has 0 aliphatic carbocycles. The summed E-state index contributed by atoms with van der Waals surface area (Å²) < 4.78 is 11.5. The van der Waals surface area contributed by atoms with Crippen molar-refractivity contribution in [2.24, 2.45) is 5.41 Å². The van der Waals surface area contributed by atoms with E-state index in [1.807, 2.05) is 29.2 Å². The molecule has 1 aromatic rings. The van der Waals surface area contributed by atoms with Crippen LogP contribution in [0.1, 0.15) is 32.1 Å². The Bertz CT molecular complexity index is 652. The zero-order valence-electron chi connectivity index (χ0n) is 16.2. The number of carbonyl (C=O) groups excluding carboxylic acids is 1. The summed E-state index contributed by atoms with van der Waals surface area (Å²) in [6.45, 7) is 4.68. The number of para-hydroxylation sites is 2. The number of amides is 1. The van der Waals surface area contributed by atoms with Gasteiger partial charge in [-0.1, -0.05) is 12.1 Å². The molecule has 0 saturated carbocycles. The summed E-state index contributed by atoms with van der Waals surface area (Å²) in [5, 5.41) is 6.94. The van der Waals surface area contributed by atoms with Crippen LogP contribution in [0.2, 0.25) is 0 Å². The molecule has 4 rings (SSSR count). The molecule has 0 radical (unpaired) electrons. The summed E-state index contributed by atoms with van der Waals surface area (Å²) in [4.78, 5) is 15.0. The number of nitrogens with one attached hydrogen (secondary N) is 2. The Morgan fingerprint density at radius 1 is 1.15 bits per heavy atom. The van der Waals surface area contributed by atoms with E-state index in [4.69, 9.17) is 9.47 Å². The maximum absolute atomic E-state index is 13.0. The van der Waals surface area contributed by atoms with E-state index >= 15 is 0 Å². The van der Waals surface area contributed by atoms with Gasteiger partial charge >= 0.3 is 0 Å². The number of rotatable bonds is 4. The molecule has 0 bridgehead atoms. The second kappa shape index (κ2) is 8.07. The molecule has 1 amide bonds. The molecule has 3 fully saturated rings. The first-order chi connectivity index (χ1) is 13.2. The fourth-order valence-corrected chi connectivity index (χ4v) is 4.74. The first-order valence-electron chi connectivity index (χ1n) is 10.2. The summed E-state index contributed by atoms with van der Waals surface area (Å²) in [6.07, 6.45) is 5.22. The molecule has 1 aromatic carbocycles. The Morgan fingerprint density at radius 3 is 2.56 bits per heavy atom. The second-order valence-electron chi connectivity index (χ2n) is 8.18. The van der Waals surface area contributed by atoms with E-state index in [-0.39, 0.29) is 18.1 Å². The molecular weight excluding hydrogens is 342 g/mol. The van der Waals surface area contributed by atoms with Crippen LogP contribution < -0.4 is 20.1 Å². The Balaban J connectivity index is 1.28. The average molecular weight is 373 g/mol. The molecule has 1 spiro atoms. The molecule has 3 aliphatic rings. The number of likely N-dealkylation sites (tertiary alicyclic amines) is 1. The molecule has 6 nitrogen and oxygen atoms in total. The molecule has 3 heterocycles. The van der Waals surface area contributed by atoms with Gasteiger partial charge < -0.3 is 25.0 Å². The fraction of sp³-hybridized carbons (Fsp3) is 0.667. The van der Waals surface area contributed by atoms with Crippen LogP contribution in [0.4, 0.5) is 0 Å². The topological polar surface area (TPSA) is 62.8 Å². The van der Waals surface area contributed by atoms with Crippen LogP contribution in [-0.2, 0) is 4.79 Å². The van der Waals surface area contributed by atoms with Crippen molar-refractivity contribution in [3.8, 4) is 11.5 Å². The summed E-state index contributed by atoms with van der Waals surface area (Å²) in [6, 6.07) is 7.75. The number of hydrogen-bond donors (Lipinski definition) is 2. The third-order valence-corrected chi connectivity index (χ3v) is 6.44. The molecule has 0 unspecified atom stereocenters. The van der Waals surface area contributed by atoms with Gasteiger partial charge in [-0.3, -0.25) is 4.79 Å². The summed E-state index contributed by atoms with van der Waals surface area (Å²) >= 11 is 0. The van der Waals surface area contributed by atoms with Crippen LogP contribution in [0.25, 0.3) is 0 Å². The number of benzene rings is 1. The Kier molecular flexibility index (Phi) is 5.55. The lowest BCUT2D eigenvalue weighted by Gasteiger charge is -2.35. The third-order valence-electron chi connectivity index (χ3n) is 6.44. The van der Waals surface area contributed by atoms with Crippen molar-refractivity contribution in [1.29, 1.82) is 0 Å². The standard InChI is InChI=1S/C21H31N3O3/c1-26-18-4-2-3-5-19(18)27-16-6-12-24(13-7-16)20(25)17-14-21(15-23-17)8-10-22-11-9-21/h2-5,16-17,22-23H,6-15H2,1H3/t17-/m1/s1. The predicted molar refractivity (Wildman–Crippen MR) is 104 cm³/mol. The molecule has 3 aliphatic heterocycles. The van der Waals surface area contributed by atoms with E-state index in [1.165, 1.54) is 12.8 Å². The Morgan fingerprint density at radius 2 is 1.85 bits per heavy atom. The summed E-state index contributed by atoms with van der Waals surface area (Å²) in [5.74, 6) is 1.83. The largest absolute Gasteiger partial charge is 0.493 e.